The minimum Gasteiger partial charge on any atom is -0.331 e. The molecule has 0 radical (unpaired) electrons. The highest BCUT2D eigenvalue weighted by Crippen LogP contribution is 2.34. The Kier molecular flexibility index (Phi) is 3.00. The van der Waals surface area contributed by atoms with Crippen LogP contribution in [0.1, 0.15) is 0 Å². The third-order valence-electron chi connectivity index (χ3n) is 5.03. The Labute approximate surface area is 132 Å². The van der Waals surface area contributed by atoms with Gasteiger partial charge >= 0.3 is 0 Å². The van der Waals surface area contributed by atoms with Crippen molar-refractivity contribution < 1.29 is 0 Å². The molecule has 0 fully saturated rings. The fraction of sp³-hybridized carbons (Fsp3) is 0.200. The highest BCUT2D eigenvalue weighted by atomic mass is 28.3. The van der Waals surface area contributed by atoms with Crippen LogP contribution in [0.2, 0.25) is 19.1 Å². The summed E-state index contributed by atoms with van der Waals surface area (Å²) in [5, 5.41) is 9.86. The highest BCUT2D eigenvalue weighted by Gasteiger charge is 2.25. The molecule has 0 saturated carbocycles. The molecule has 0 bridgehead atoms. The smallest absolute Gasteiger partial charge is 0.0826 e. The van der Waals surface area contributed by atoms with Crippen molar-refractivity contribution in [3.63, 3.8) is 0 Å². The monoisotopic (exact) mass is 303 g/mol. The molecule has 0 atom stereocenters. The molecular weight excluding hydrogens is 282 g/mol. The van der Waals surface area contributed by atoms with Gasteiger partial charge in [-0.3, -0.25) is 0 Å². The summed E-state index contributed by atoms with van der Waals surface area (Å²) in [5.74, 6) is 0. The molecule has 0 amide bonds. The molecule has 0 aliphatic heterocycles. The average Bonchev–Trinajstić information content (AvgIpc) is 2.52. The van der Waals surface area contributed by atoms with Gasteiger partial charge in [0, 0.05) is 0 Å². The fourth-order valence-electron chi connectivity index (χ4n) is 3.82. The lowest BCUT2D eigenvalue weighted by Crippen LogP contribution is -2.43. The number of nitrogens with two attached hydrogens (primary N) is 1. The standard InChI is InChI=1S/C20H21NSi/c1-22(2,13-12-21)18-11-9-16-7-6-14-4-3-5-15-8-10-17(18)20(16)19(14)15/h3-11H,12-13,21H2,1-2H3. The van der Waals surface area contributed by atoms with E-state index in [0.29, 0.717) is 0 Å². The van der Waals surface area contributed by atoms with Crippen molar-refractivity contribution in [2.75, 3.05) is 6.54 Å². The molecule has 22 heavy (non-hydrogen) atoms. The Morgan fingerprint density at radius 1 is 0.773 bits per heavy atom. The van der Waals surface area contributed by atoms with E-state index < -0.39 is 8.07 Å². The first kappa shape index (κ1) is 13.7. The predicted molar refractivity (Wildman–Crippen MR) is 101 cm³/mol. The van der Waals surface area contributed by atoms with Gasteiger partial charge < -0.3 is 5.73 Å². The van der Waals surface area contributed by atoms with Crippen LogP contribution in [-0.4, -0.2) is 14.6 Å². The minimum absolute atomic E-state index is 0.779. The maximum atomic E-state index is 5.88. The van der Waals surface area contributed by atoms with E-state index in [-0.39, 0.29) is 0 Å². The molecule has 2 heteroatoms. The van der Waals surface area contributed by atoms with Gasteiger partial charge in [-0.2, -0.15) is 0 Å². The quantitative estimate of drug-likeness (QED) is 0.439. The van der Waals surface area contributed by atoms with Gasteiger partial charge in [0.2, 0.25) is 0 Å². The van der Waals surface area contributed by atoms with Crippen LogP contribution in [0.4, 0.5) is 0 Å². The zero-order chi connectivity index (χ0) is 15.3. The van der Waals surface area contributed by atoms with Crippen molar-refractivity contribution >= 4 is 45.6 Å². The summed E-state index contributed by atoms with van der Waals surface area (Å²) < 4.78 is 0. The Morgan fingerprint density at radius 2 is 1.36 bits per heavy atom. The van der Waals surface area contributed by atoms with E-state index in [1.807, 2.05) is 0 Å². The summed E-state index contributed by atoms with van der Waals surface area (Å²) in [4.78, 5) is 0. The molecule has 1 nitrogen and oxygen atoms in total. The minimum atomic E-state index is -1.50. The van der Waals surface area contributed by atoms with Gasteiger partial charge in [-0.15, -0.1) is 0 Å². The van der Waals surface area contributed by atoms with Crippen LogP contribution in [0.3, 0.4) is 0 Å². The van der Waals surface area contributed by atoms with Gasteiger partial charge in [0.05, 0.1) is 8.07 Å². The van der Waals surface area contributed by atoms with Crippen molar-refractivity contribution in [3.8, 4) is 0 Å². The van der Waals surface area contributed by atoms with Crippen molar-refractivity contribution in [2.24, 2.45) is 5.73 Å². The molecule has 4 aromatic carbocycles. The Morgan fingerprint density at radius 3 is 2.05 bits per heavy atom. The molecule has 0 aromatic heterocycles. The second-order valence-corrected chi connectivity index (χ2v) is 11.7. The summed E-state index contributed by atoms with van der Waals surface area (Å²) >= 11 is 0. The lowest BCUT2D eigenvalue weighted by atomic mass is 9.94. The molecule has 0 spiro atoms. The molecule has 2 N–H and O–H groups in total. The normalized spacial score (nSPS) is 12.7. The summed E-state index contributed by atoms with van der Waals surface area (Å²) in [6.45, 7) is 5.65. The van der Waals surface area contributed by atoms with Gasteiger partial charge in [0.1, 0.15) is 0 Å². The van der Waals surface area contributed by atoms with E-state index in [1.54, 1.807) is 5.19 Å². The molecule has 0 aliphatic rings. The van der Waals surface area contributed by atoms with Gasteiger partial charge in [-0.25, -0.2) is 0 Å². The van der Waals surface area contributed by atoms with Gasteiger partial charge in [0.15, 0.2) is 0 Å². The summed E-state index contributed by atoms with van der Waals surface area (Å²) in [7, 11) is -1.50. The summed E-state index contributed by atoms with van der Waals surface area (Å²) in [6.07, 6.45) is 0. The van der Waals surface area contributed by atoms with Crippen LogP contribution in [0.15, 0.2) is 54.6 Å². The van der Waals surface area contributed by atoms with E-state index in [4.69, 9.17) is 5.73 Å². The van der Waals surface area contributed by atoms with E-state index in [9.17, 15) is 0 Å². The first-order valence-electron chi connectivity index (χ1n) is 7.99. The highest BCUT2D eigenvalue weighted by molar-refractivity contribution is 6.91. The molecule has 0 saturated heterocycles. The SMILES string of the molecule is C[Si](C)(CCN)c1ccc2ccc3cccc4ccc1c2c34. The summed E-state index contributed by atoms with van der Waals surface area (Å²) in [6, 6.07) is 21.5. The first-order chi connectivity index (χ1) is 10.6. The van der Waals surface area contributed by atoms with Gasteiger partial charge in [0.25, 0.3) is 0 Å². The Balaban J connectivity index is 2.17. The fourth-order valence-corrected chi connectivity index (χ4v) is 6.28. The maximum absolute atomic E-state index is 5.88. The molecule has 0 aliphatic carbocycles. The zero-order valence-corrected chi connectivity index (χ0v) is 14.2. The Hall–Kier alpha value is -1.90. The largest absolute Gasteiger partial charge is 0.331 e. The molecule has 0 heterocycles. The van der Waals surface area contributed by atoms with Crippen molar-refractivity contribution in [2.45, 2.75) is 19.1 Å². The molecule has 110 valence electrons. The summed E-state index contributed by atoms with van der Waals surface area (Å²) in [5.41, 5.74) is 5.88. The van der Waals surface area contributed by atoms with E-state index >= 15 is 0 Å². The van der Waals surface area contributed by atoms with Crippen LogP contribution < -0.4 is 10.9 Å². The Bertz CT molecular complexity index is 956. The second kappa shape index (κ2) is 4.80. The van der Waals surface area contributed by atoms with Crippen LogP contribution in [0.5, 0.6) is 0 Å². The number of benzene rings is 4. The van der Waals surface area contributed by atoms with Gasteiger partial charge in [-0.1, -0.05) is 72.9 Å². The number of rotatable bonds is 3. The van der Waals surface area contributed by atoms with Crippen LogP contribution in [0.25, 0.3) is 32.3 Å². The van der Waals surface area contributed by atoms with E-state index in [2.05, 4.69) is 67.7 Å². The van der Waals surface area contributed by atoms with Crippen LogP contribution >= 0.6 is 0 Å². The number of hydrogen-bond donors (Lipinski definition) is 1. The van der Waals surface area contributed by atoms with Crippen LogP contribution in [-0.2, 0) is 0 Å². The van der Waals surface area contributed by atoms with Crippen LogP contribution in [0, 0.1) is 0 Å². The van der Waals surface area contributed by atoms with Crippen molar-refractivity contribution in [1.82, 2.24) is 0 Å². The maximum Gasteiger partial charge on any atom is 0.0826 e. The predicted octanol–water partition coefficient (Wildman–Crippen LogP) is 4.46. The second-order valence-electron chi connectivity index (χ2n) is 6.89. The van der Waals surface area contributed by atoms with E-state index in [1.165, 1.54) is 32.3 Å². The van der Waals surface area contributed by atoms with E-state index in [0.717, 1.165) is 12.6 Å². The third-order valence-corrected chi connectivity index (χ3v) is 8.46. The third kappa shape index (κ3) is 1.88. The zero-order valence-electron chi connectivity index (χ0n) is 13.2. The van der Waals surface area contributed by atoms with Crippen molar-refractivity contribution in [3.05, 3.63) is 54.6 Å². The van der Waals surface area contributed by atoms with Gasteiger partial charge in [-0.05, 0) is 44.9 Å². The lowest BCUT2D eigenvalue weighted by molar-refractivity contribution is 1.10. The topological polar surface area (TPSA) is 26.0 Å². The number of hydrogen-bond acceptors (Lipinski definition) is 1. The first-order valence-corrected chi connectivity index (χ1v) is 11.2. The molecule has 4 aromatic rings. The molecular formula is C20H21NSi. The molecule has 0 unspecified atom stereocenters. The molecule has 4 rings (SSSR count). The average molecular weight is 303 g/mol. The van der Waals surface area contributed by atoms with Crippen molar-refractivity contribution in [1.29, 1.82) is 0 Å². The lowest BCUT2D eigenvalue weighted by Gasteiger charge is -2.25.